The SMILES string of the molecule is COc1ccc(OC2CCCN(S(=O)(=O)c3cccnc3)C2)nn1. The lowest BCUT2D eigenvalue weighted by Gasteiger charge is -2.31. The van der Waals surface area contributed by atoms with Crippen LogP contribution in [0.2, 0.25) is 0 Å². The summed E-state index contributed by atoms with van der Waals surface area (Å²) in [6, 6.07) is 6.45. The number of nitrogens with zero attached hydrogens (tertiary/aromatic N) is 4. The van der Waals surface area contributed by atoms with Gasteiger partial charge in [0, 0.05) is 31.1 Å². The Bertz CT molecular complexity index is 768. The predicted molar refractivity (Wildman–Crippen MR) is 85.2 cm³/mol. The maximum Gasteiger partial charge on any atom is 0.244 e. The minimum Gasteiger partial charge on any atom is -0.480 e. The van der Waals surface area contributed by atoms with Crippen LogP contribution in [-0.4, -0.2) is 54.2 Å². The molecule has 8 nitrogen and oxygen atoms in total. The number of pyridine rings is 1. The predicted octanol–water partition coefficient (Wildman–Crippen LogP) is 1.11. The van der Waals surface area contributed by atoms with Crippen molar-refractivity contribution in [2.75, 3.05) is 20.2 Å². The largest absolute Gasteiger partial charge is 0.480 e. The van der Waals surface area contributed by atoms with Crippen LogP contribution in [0.4, 0.5) is 0 Å². The first-order valence-corrected chi connectivity index (χ1v) is 8.98. The van der Waals surface area contributed by atoms with Gasteiger partial charge < -0.3 is 9.47 Å². The molecule has 1 saturated heterocycles. The minimum absolute atomic E-state index is 0.190. The Labute approximate surface area is 140 Å². The molecule has 0 amide bonds. The number of methoxy groups -OCH3 is 1. The molecule has 0 saturated carbocycles. The Hall–Kier alpha value is -2.26. The Morgan fingerprint density at radius 2 is 2.00 bits per heavy atom. The number of sulfonamides is 1. The van der Waals surface area contributed by atoms with Crippen LogP contribution in [-0.2, 0) is 10.0 Å². The quantitative estimate of drug-likeness (QED) is 0.797. The van der Waals surface area contributed by atoms with Gasteiger partial charge in [-0.15, -0.1) is 10.2 Å². The molecule has 3 heterocycles. The van der Waals surface area contributed by atoms with Gasteiger partial charge in [-0.05, 0) is 25.0 Å². The molecule has 0 spiro atoms. The molecule has 0 radical (unpaired) electrons. The van der Waals surface area contributed by atoms with Crippen LogP contribution in [0.3, 0.4) is 0 Å². The Balaban J connectivity index is 1.70. The van der Waals surface area contributed by atoms with Gasteiger partial charge in [-0.3, -0.25) is 4.98 Å². The molecule has 1 unspecified atom stereocenters. The van der Waals surface area contributed by atoms with Crippen LogP contribution in [0.25, 0.3) is 0 Å². The number of aromatic nitrogens is 3. The molecular formula is C15H18N4O4S. The molecule has 0 aromatic carbocycles. The molecule has 0 aliphatic carbocycles. The van der Waals surface area contributed by atoms with E-state index >= 15 is 0 Å². The number of ether oxygens (including phenoxy) is 2. The zero-order valence-electron chi connectivity index (χ0n) is 13.2. The fourth-order valence-corrected chi connectivity index (χ4v) is 3.99. The maximum absolute atomic E-state index is 12.7. The highest BCUT2D eigenvalue weighted by molar-refractivity contribution is 7.89. The summed E-state index contributed by atoms with van der Waals surface area (Å²) in [5.41, 5.74) is 0. The highest BCUT2D eigenvalue weighted by Crippen LogP contribution is 2.22. The zero-order chi connectivity index (χ0) is 17.0. The molecule has 3 rings (SSSR count). The van der Waals surface area contributed by atoms with Gasteiger partial charge in [0.25, 0.3) is 0 Å². The van der Waals surface area contributed by atoms with E-state index in [9.17, 15) is 8.42 Å². The van der Waals surface area contributed by atoms with E-state index in [1.165, 1.54) is 17.6 Å². The Morgan fingerprint density at radius 3 is 2.67 bits per heavy atom. The summed E-state index contributed by atoms with van der Waals surface area (Å²) in [5.74, 6) is 0.744. The highest BCUT2D eigenvalue weighted by atomic mass is 32.2. The lowest BCUT2D eigenvalue weighted by Crippen LogP contribution is -2.44. The van der Waals surface area contributed by atoms with Gasteiger partial charge in [0.1, 0.15) is 11.0 Å². The summed E-state index contributed by atoms with van der Waals surface area (Å²) in [6.45, 7) is 0.732. The second kappa shape index (κ2) is 7.10. The summed E-state index contributed by atoms with van der Waals surface area (Å²) in [5, 5.41) is 7.75. The van der Waals surface area contributed by atoms with Crippen molar-refractivity contribution in [3.63, 3.8) is 0 Å². The molecular weight excluding hydrogens is 332 g/mol. The highest BCUT2D eigenvalue weighted by Gasteiger charge is 2.31. The number of rotatable bonds is 5. The van der Waals surface area contributed by atoms with E-state index < -0.39 is 10.0 Å². The van der Waals surface area contributed by atoms with Gasteiger partial charge in [0.05, 0.1) is 13.7 Å². The normalized spacial score (nSPS) is 19.0. The third kappa shape index (κ3) is 3.62. The second-order valence-corrected chi connectivity index (χ2v) is 7.29. The van der Waals surface area contributed by atoms with Crippen LogP contribution < -0.4 is 9.47 Å². The summed E-state index contributed by atoms with van der Waals surface area (Å²) < 4.78 is 37.4. The van der Waals surface area contributed by atoms with Crippen molar-refractivity contribution >= 4 is 10.0 Å². The van der Waals surface area contributed by atoms with Gasteiger partial charge in [-0.25, -0.2) is 8.42 Å². The van der Waals surface area contributed by atoms with Gasteiger partial charge in [0.15, 0.2) is 0 Å². The van der Waals surface area contributed by atoms with Gasteiger partial charge in [0.2, 0.25) is 21.8 Å². The molecule has 1 aliphatic heterocycles. The van der Waals surface area contributed by atoms with E-state index in [4.69, 9.17) is 9.47 Å². The topological polar surface area (TPSA) is 94.5 Å². The second-order valence-electron chi connectivity index (χ2n) is 5.35. The third-order valence-corrected chi connectivity index (χ3v) is 5.57. The summed E-state index contributed by atoms with van der Waals surface area (Å²) >= 11 is 0. The maximum atomic E-state index is 12.7. The molecule has 1 atom stereocenters. The molecule has 2 aromatic heterocycles. The first-order chi connectivity index (χ1) is 11.6. The molecule has 24 heavy (non-hydrogen) atoms. The van der Waals surface area contributed by atoms with E-state index in [0.29, 0.717) is 24.7 Å². The van der Waals surface area contributed by atoms with Crippen LogP contribution >= 0.6 is 0 Å². The summed E-state index contributed by atoms with van der Waals surface area (Å²) in [7, 11) is -2.06. The van der Waals surface area contributed by atoms with Crippen molar-refractivity contribution in [2.45, 2.75) is 23.8 Å². The summed E-state index contributed by atoms with van der Waals surface area (Å²) in [4.78, 5) is 4.07. The van der Waals surface area contributed by atoms with E-state index in [2.05, 4.69) is 15.2 Å². The van der Waals surface area contributed by atoms with Crippen LogP contribution in [0.15, 0.2) is 41.6 Å². The first-order valence-electron chi connectivity index (χ1n) is 7.54. The van der Waals surface area contributed by atoms with Crippen molar-refractivity contribution in [3.05, 3.63) is 36.7 Å². The van der Waals surface area contributed by atoms with E-state index in [0.717, 1.165) is 6.42 Å². The molecule has 1 fully saturated rings. The minimum atomic E-state index is -3.56. The number of piperidine rings is 1. The fraction of sp³-hybridized carbons (Fsp3) is 0.400. The molecule has 128 valence electrons. The van der Waals surface area contributed by atoms with Crippen molar-refractivity contribution in [1.29, 1.82) is 0 Å². The number of hydrogen-bond donors (Lipinski definition) is 0. The van der Waals surface area contributed by atoms with Crippen LogP contribution in [0, 0.1) is 0 Å². The lowest BCUT2D eigenvalue weighted by atomic mass is 10.1. The fourth-order valence-electron chi connectivity index (χ4n) is 2.52. The van der Waals surface area contributed by atoms with Gasteiger partial charge in [-0.1, -0.05) is 0 Å². The Kier molecular flexibility index (Phi) is 4.91. The van der Waals surface area contributed by atoms with E-state index in [1.807, 2.05) is 0 Å². The zero-order valence-corrected chi connectivity index (χ0v) is 14.0. The van der Waals surface area contributed by atoms with Gasteiger partial charge in [-0.2, -0.15) is 4.31 Å². The van der Waals surface area contributed by atoms with Crippen molar-refractivity contribution in [2.24, 2.45) is 0 Å². The molecule has 2 aromatic rings. The van der Waals surface area contributed by atoms with Crippen LogP contribution in [0.1, 0.15) is 12.8 Å². The smallest absolute Gasteiger partial charge is 0.244 e. The lowest BCUT2D eigenvalue weighted by molar-refractivity contribution is 0.123. The number of hydrogen-bond acceptors (Lipinski definition) is 7. The van der Waals surface area contributed by atoms with E-state index in [1.54, 1.807) is 30.5 Å². The van der Waals surface area contributed by atoms with E-state index in [-0.39, 0.29) is 17.5 Å². The average molecular weight is 350 g/mol. The molecule has 9 heteroatoms. The average Bonchev–Trinajstić information content (AvgIpc) is 2.63. The summed E-state index contributed by atoms with van der Waals surface area (Å²) in [6.07, 6.45) is 4.10. The van der Waals surface area contributed by atoms with Crippen molar-refractivity contribution in [3.8, 4) is 11.8 Å². The molecule has 0 N–H and O–H groups in total. The van der Waals surface area contributed by atoms with Crippen molar-refractivity contribution in [1.82, 2.24) is 19.5 Å². The standard InChI is InChI=1S/C15H18N4O4S/c1-22-14-6-7-15(18-17-14)23-12-4-3-9-19(11-12)24(20,21)13-5-2-8-16-10-13/h2,5-8,10,12H,3-4,9,11H2,1H3. The third-order valence-electron chi connectivity index (χ3n) is 3.73. The van der Waals surface area contributed by atoms with Crippen LogP contribution in [0.5, 0.6) is 11.8 Å². The first kappa shape index (κ1) is 16.6. The molecule has 1 aliphatic rings. The van der Waals surface area contributed by atoms with Gasteiger partial charge >= 0.3 is 0 Å². The Morgan fingerprint density at radius 1 is 1.21 bits per heavy atom. The monoisotopic (exact) mass is 350 g/mol. The molecule has 0 bridgehead atoms. The van der Waals surface area contributed by atoms with Crippen molar-refractivity contribution < 1.29 is 17.9 Å².